The molecule has 22 heavy (non-hydrogen) atoms. The van der Waals surface area contributed by atoms with Crippen LogP contribution in [0.1, 0.15) is 5.76 Å². The number of nitrogens with one attached hydrogen (secondary N) is 1. The van der Waals surface area contributed by atoms with E-state index in [-0.39, 0.29) is 24.6 Å². The number of rotatable bonds is 5. The average molecular weight is 304 g/mol. The zero-order valence-electron chi connectivity index (χ0n) is 12.3. The van der Waals surface area contributed by atoms with Gasteiger partial charge >= 0.3 is 0 Å². The van der Waals surface area contributed by atoms with E-state index >= 15 is 0 Å². The third-order valence-corrected chi connectivity index (χ3v) is 2.91. The average Bonchev–Trinajstić information content (AvgIpc) is 2.86. The predicted octanol–water partition coefficient (Wildman–Crippen LogP) is 0.242. The highest BCUT2D eigenvalue weighted by Crippen LogP contribution is 2.06. The van der Waals surface area contributed by atoms with Crippen molar-refractivity contribution in [1.82, 2.24) is 14.6 Å². The van der Waals surface area contributed by atoms with Gasteiger partial charge in [-0.25, -0.2) is 0 Å². The molecule has 2 aromatic heterocycles. The van der Waals surface area contributed by atoms with E-state index in [1.165, 1.54) is 28.8 Å². The fraction of sp³-hybridized carbons (Fsp3) is 0.286. The molecule has 0 bridgehead atoms. The maximum Gasteiger partial charge on any atom is 0.250 e. The molecule has 0 radical (unpaired) electrons. The molecule has 0 spiro atoms. The third kappa shape index (κ3) is 4.05. The van der Waals surface area contributed by atoms with Gasteiger partial charge in [0.1, 0.15) is 12.3 Å². The van der Waals surface area contributed by atoms with E-state index < -0.39 is 5.91 Å². The van der Waals surface area contributed by atoms with Gasteiger partial charge in [-0.2, -0.15) is 0 Å². The summed E-state index contributed by atoms with van der Waals surface area (Å²) in [4.78, 5) is 36.6. The minimum Gasteiger partial charge on any atom is -0.360 e. The summed E-state index contributed by atoms with van der Waals surface area (Å²) >= 11 is 0. The summed E-state index contributed by atoms with van der Waals surface area (Å²) in [6.07, 6.45) is 1.52. The zero-order valence-corrected chi connectivity index (χ0v) is 12.3. The molecule has 2 heterocycles. The highest BCUT2D eigenvalue weighted by Gasteiger charge is 2.14. The van der Waals surface area contributed by atoms with Crippen LogP contribution < -0.4 is 10.9 Å². The number of hydrogen-bond acceptors (Lipinski definition) is 5. The molecule has 0 aromatic carbocycles. The number of pyridine rings is 1. The lowest BCUT2D eigenvalue weighted by molar-refractivity contribution is -0.133. The lowest BCUT2D eigenvalue weighted by atomic mass is 10.4. The molecule has 0 aliphatic rings. The number of aromatic nitrogens is 2. The largest absolute Gasteiger partial charge is 0.360 e. The van der Waals surface area contributed by atoms with Crippen LogP contribution in [-0.4, -0.2) is 40.0 Å². The lowest BCUT2D eigenvalue weighted by Gasteiger charge is -2.16. The van der Waals surface area contributed by atoms with E-state index in [0.717, 1.165) is 0 Å². The second kappa shape index (κ2) is 6.70. The molecule has 8 heteroatoms. The van der Waals surface area contributed by atoms with E-state index in [0.29, 0.717) is 11.6 Å². The molecule has 2 aromatic rings. The van der Waals surface area contributed by atoms with Gasteiger partial charge in [-0.3, -0.25) is 14.4 Å². The Morgan fingerprint density at radius 2 is 2.18 bits per heavy atom. The summed E-state index contributed by atoms with van der Waals surface area (Å²) in [6, 6.07) is 6.20. The Balaban J connectivity index is 1.89. The monoisotopic (exact) mass is 304 g/mol. The van der Waals surface area contributed by atoms with E-state index in [1.807, 2.05) is 0 Å². The van der Waals surface area contributed by atoms with Crippen molar-refractivity contribution in [2.45, 2.75) is 13.5 Å². The van der Waals surface area contributed by atoms with E-state index in [1.54, 1.807) is 25.1 Å². The number of amides is 2. The summed E-state index contributed by atoms with van der Waals surface area (Å²) in [5, 5.41) is 6.15. The van der Waals surface area contributed by atoms with Gasteiger partial charge in [-0.15, -0.1) is 0 Å². The number of carbonyl (C=O) groups is 2. The highest BCUT2D eigenvalue weighted by atomic mass is 16.5. The Labute approximate surface area is 126 Å². The quantitative estimate of drug-likeness (QED) is 0.853. The fourth-order valence-corrected chi connectivity index (χ4v) is 1.77. The summed E-state index contributed by atoms with van der Waals surface area (Å²) in [6.45, 7) is 1.44. The molecule has 2 rings (SSSR count). The Bertz CT molecular complexity index is 734. The van der Waals surface area contributed by atoms with Gasteiger partial charge in [0.05, 0.1) is 6.54 Å². The first-order valence-corrected chi connectivity index (χ1v) is 6.58. The third-order valence-electron chi connectivity index (χ3n) is 2.91. The van der Waals surface area contributed by atoms with Crippen LogP contribution in [0.3, 0.4) is 0 Å². The molecule has 0 unspecified atom stereocenters. The van der Waals surface area contributed by atoms with Crippen LogP contribution in [0, 0.1) is 6.92 Å². The van der Waals surface area contributed by atoms with Crippen molar-refractivity contribution in [2.24, 2.45) is 0 Å². The molecule has 1 N–H and O–H groups in total. The standard InChI is InChI=1S/C14H16N4O4/c1-10-7-11(16-22-10)15-12(19)8-17(2)14(21)9-18-6-4-3-5-13(18)20/h3-7H,8-9H2,1-2H3,(H,15,16,19). The number of likely N-dealkylation sites (N-methyl/N-ethyl adjacent to an activating group) is 1. The van der Waals surface area contributed by atoms with Crippen LogP contribution in [0.2, 0.25) is 0 Å². The molecular formula is C14H16N4O4. The molecule has 0 saturated carbocycles. The lowest BCUT2D eigenvalue weighted by Crippen LogP contribution is -2.38. The van der Waals surface area contributed by atoms with Gasteiger partial charge in [0, 0.05) is 25.4 Å². The number of aryl methyl sites for hydroxylation is 1. The number of anilines is 1. The molecule has 8 nitrogen and oxygen atoms in total. The van der Waals surface area contributed by atoms with Crippen LogP contribution in [0.15, 0.2) is 39.8 Å². The second-order valence-electron chi connectivity index (χ2n) is 4.79. The van der Waals surface area contributed by atoms with Crippen LogP contribution >= 0.6 is 0 Å². The van der Waals surface area contributed by atoms with Crippen molar-refractivity contribution in [1.29, 1.82) is 0 Å². The Hall–Kier alpha value is -2.90. The molecule has 0 atom stereocenters. The normalized spacial score (nSPS) is 10.3. The summed E-state index contributed by atoms with van der Waals surface area (Å²) < 4.78 is 6.10. The van der Waals surface area contributed by atoms with Crippen LogP contribution in [0.5, 0.6) is 0 Å². The van der Waals surface area contributed by atoms with E-state index in [2.05, 4.69) is 10.5 Å². The first kappa shape index (κ1) is 15.5. The van der Waals surface area contributed by atoms with Gasteiger partial charge in [-0.05, 0) is 13.0 Å². The van der Waals surface area contributed by atoms with Crippen LogP contribution in [-0.2, 0) is 16.1 Å². The minimum atomic E-state index is -0.399. The Morgan fingerprint density at radius 1 is 1.41 bits per heavy atom. The predicted molar refractivity (Wildman–Crippen MR) is 78.2 cm³/mol. The summed E-state index contributed by atoms with van der Waals surface area (Å²) in [5.41, 5.74) is -0.272. The van der Waals surface area contributed by atoms with Crippen LogP contribution in [0.25, 0.3) is 0 Å². The van der Waals surface area contributed by atoms with E-state index in [9.17, 15) is 14.4 Å². The molecule has 0 saturated heterocycles. The van der Waals surface area contributed by atoms with Gasteiger partial charge in [0.25, 0.3) is 5.56 Å². The molecule has 0 aliphatic heterocycles. The van der Waals surface area contributed by atoms with Crippen molar-refractivity contribution in [2.75, 3.05) is 18.9 Å². The van der Waals surface area contributed by atoms with Crippen molar-refractivity contribution < 1.29 is 14.1 Å². The highest BCUT2D eigenvalue weighted by molar-refractivity contribution is 5.93. The topological polar surface area (TPSA) is 97.4 Å². The number of nitrogens with zero attached hydrogens (tertiary/aromatic N) is 3. The first-order chi connectivity index (χ1) is 10.5. The molecule has 0 fully saturated rings. The molecule has 116 valence electrons. The van der Waals surface area contributed by atoms with Gasteiger partial charge in [0.15, 0.2) is 5.82 Å². The fourth-order valence-electron chi connectivity index (χ4n) is 1.77. The van der Waals surface area contributed by atoms with E-state index in [4.69, 9.17) is 4.52 Å². The van der Waals surface area contributed by atoms with Gasteiger partial charge in [0.2, 0.25) is 11.8 Å². The number of hydrogen-bond donors (Lipinski definition) is 1. The molecule has 0 aliphatic carbocycles. The molecular weight excluding hydrogens is 288 g/mol. The minimum absolute atomic E-state index is 0.119. The maximum atomic E-state index is 12.0. The maximum absolute atomic E-state index is 12.0. The zero-order chi connectivity index (χ0) is 16.1. The second-order valence-corrected chi connectivity index (χ2v) is 4.79. The molecule has 2 amide bonds. The van der Waals surface area contributed by atoms with Crippen LogP contribution in [0.4, 0.5) is 5.82 Å². The SMILES string of the molecule is Cc1cc(NC(=O)CN(C)C(=O)Cn2ccccc2=O)no1. The van der Waals surface area contributed by atoms with Gasteiger partial charge < -0.3 is 19.3 Å². The summed E-state index contributed by atoms with van der Waals surface area (Å²) in [5.74, 6) is 0.121. The smallest absolute Gasteiger partial charge is 0.250 e. The van der Waals surface area contributed by atoms with Crippen molar-refractivity contribution in [3.05, 3.63) is 46.6 Å². The van der Waals surface area contributed by atoms with Gasteiger partial charge in [-0.1, -0.05) is 11.2 Å². The first-order valence-electron chi connectivity index (χ1n) is 6.58. The van der Waals surface area contributed by atoms with Crippen molar-refractivity contribution in [3.63, 3.8) is 0 Å². The Kier molecular flexibility index (Phi) is 4.72. The van der Waals surface area contributed by atoms with Crippen molar-refractivity contribution in [3.8, 4) is 0 Å². The Morgan fingerprint density at radius 3 is 2.82 bits per heavy atom. The number of carbonyl (C=O) groups excluding carboxylic acids is 2. The van der Waals surface area contributed by atoms with Crippen molar-refractivity contribution >= 4 is 17.6 Å². The summed E-state index contributed by atoms with van der Waals surface area (Å²) in [7, 11) is 1.49.